The van der Waals surface area contributed by atoms with Gasteiger partial charge in [-0.25, -0.2) is 4.79 Å². The number of nitrogens with one attached hydrogen (secondary N) is 2. The van der Waals surface area contributed by atoms with Crippen LogP contribution in [-0.4, -0.2) is 75.9 Å². The molecule has 1 aliphatic rings. The molecule has 0 aliphatic carbocycles. The SMILES string of the molecule is CCN1CCN([C@H](C)CNC(=O)NCc2nncn2CC)CC1. The van der Waals surface area contributed by atoms with E-state index in [9.17, 15) is 4.79 Å². The summed E-state index contributed by atoms with van der Waals surface area (Å²) in [6, 6.07) is 0.189. The summed E-state index contributed by atoms with van der Waals surface area (Å²) in [6.07, 6.45) is 1.67. The van der Waals surface area contributed by atoms with E-state index in [4.69, 9.17) is 0 Å². The van der Waals surface area contributed by atoms with Crippen LogP contribution in [0.1, 0.15) is 26.6 Å². The van der Waals surface area contributed by atoms with Crippen LogP contribution in [0, 0.1) is 0 Å². The quantitative estimate of drug-likeness (QED) is 0.745. The number of rotatable bonds is 7. The van der Waals surface area contributed by atoms with Gasteiger partial charge in [0.2, 0.25) is 0 Å². The van der Waals surface area contributed by atoms with Gasteiger partial charge in [0.05, 0.1) is 6.54 Å². The van der Waals surface area contributed by atoms with Crippen molar-refractivity contribution in [3.05, 3.63) is 12.2 Å². The molecule has 1 aromatic heterocycles. The molecule has 1 saturated heterocycles. The topological polar surface area (TPSA) is 78.3 Å². The summed E-state index contributed by atoms with van der Waals surface area (Å²) in [6.45, 7) is 13.7. The lowest BCUT2D eigenvalue weighted by Crippen LogP contribution is -2.52. The van der Waals surface area contributed by atoms with Crippen molar-refractivity contribution < 1.29 is 4.79 Å². The van der Waals surface area contributed by atoms with Crippen LogP contribution in [0.4, 0.5) is 4.79 Å². The van der Waals surface area contributed by atoms with Crippen LogP contribution in [0.3, 0.4) is 0 Å². The van der Waals surface area contributed by atoms with E-state index in [1.165, 1.54) is 0 Å². The Kier molecular flexibility index (Phi) is 6.79. The van der Waals surface area contributed by atoms with Gasteiger partial charge in [0.15, 0.2) is 5.82 Å². The van der Waals surface area contributed by atoms with Crippen molar-refractivity contribution >= 4 is 6.03 Å². The molecule has 0 aromatic carbocycles. The van der Waals surface area contributed by atoms with E-state index in [0.29, 0.717) is 19.1 Å². The molecule has 2 amide bonds. The van der Waals surface area contributed by atoms with Gasteiger partial charge in [-0.05, 0) is 20.4 Å². The van der Waals surface area contributed by atoms with Gasteiger partial charge in [0.1, 0.15) is 6.33 Å². The standard InChI is InChI=1S/C15H29N7O/c1-4-20-6-8-22(9-7-20)13(3)10-16-15(23)17-11-14-19-18-12-21(14)5-2/h12-13H,4-11H2,1-3H3,(H2,16,17,23)/t13-/m1/s1. The molecule has 1 atom stereocenters. The zero-order chi connectivity index (χ0) is 16.7. The smallest absolute Gasteiger partial charge is 0.315 e. The molecule has 1 aliphatic heterocycles. The van der Waals surface area contributed by atoms with E-state index in [-0.39, 0.29) is 6.03 Å². The molecule has 1 aromatic rings. The van der Waals surface area contributed by atoms with Crippen LogP contribution in [0.25, 0.3) is 0 Å². The van der Waals surface area contributed by atoms with Crippen molar-refractivity contribution in [3.63, 3.8) is 0 Å². The third-order valence-electron chi connectivity index (χ3n) is 4.48. The highest BCUT2D eigenvalue weighted by Gasteiger charge is 2.20. The summed E-state index contributed by atoms with van der Waals surface area (Å²) in [5.41, 5.74) is 0. The molecule has 8 nitrogen and oxygen atoms in total. The lowest BCUT2D eigenvalue weighted by atomic mass is 10.2. The third-order valence-corrected chi connectivity index (χ3v) is 4.48. The lowest BCUT2D eigenvalue weighted by Gasteiger charge is -2.37. The Labute approximate surface area is 138 Å². The molecule has 1 fully saturated rings. The van der Waals surface area contributed by atoms with E-state index < -0.39 is 0 Å². The number of hydrogen-bond acceptors (Lipinski definition) is 5. The maximum Gasteiger partial charge on any atom is 0.315 e. The first-order valence-corrected chi connectivity index (χ1v) is 8.48. The molecular formula is C15H29N7O. The van der Waals surface area contributed by atoms with Gasteiger partial charge in [-0.3, -0.25) is 4.90 Å². The minimum Gasteiger partial charge on any atom is -0.337 e. The van der Waals surface area contributed by atoms with Crippen molar-refractivity contribution in [2.75, 3.05) is 39.3 Å². The number of aryl methyl sites for hydroxylation is 1. The summed E-state index contributed by atoms with van der Waals surface area (Å²) >= 11 is 0. The van der Waals surface area contributed by atoms with Gasteiger partial charge < -0.3 is 20.1 Å². The summed E-state index contributed by atoms with van der Waals surface area (Å²) in [5.74, 6) is 0.770. The molecule has 0 unspecified atom stereocenters. The second kappa shape index (κ2) is 8.83. The summed E-state index contributed by atoms with van der Waals surface area (Å²) in [4.78, 5) is 16.8. The van der Waals surface area contributed by atoms with Crippen LogP contribution >= 0.6 is 0 Å². The second-order valence-corrected chi connectivity index (χ2v) is 5.92. The fraction of sp³-hybridized carbons (Fsp3) is 0.800. The molecule has 0 spiro atoms. The average Bonchev–Trinajstić information content (AvgIpc) is 3.05. The number of nitrogens with zero attached hydrogens (tertiary/aromatic N) is 5. The van der Waals surface area contributed by atoms with E-state index in [0.717, 1.165) is 45.1 Å². The number of likely N-dealkylation sites (N-methyl/N-ethyl adjacent to an activating group) is 1. The molecule has 0 bridgehead atoms. The number of aromatic nitrogens is 3. The van der Waals surface area contributed by atoms with Crippen LogP contribution in [0.2, 0.25) is 0 Å². The number of piperazine rings is 1. The Bertz CT molecular complexity index is 482. The Balaban J connectivity index is 1.66. The van der Waals surface area contributed by atoms with Gasteiger partial charge in [-0.15, -0.1) is 10.2 Å². The van der Waals surface area contributed by atoms with Crippen molar-refractivity contribution in [2.45, 2.75) is 39.9 Å². The Morgan fingerprint density at radius 2 is 1.96 bits per heavy atom. The van der Waals surface area contributed by atoms with E-state index in [1.807, 2.05) is 11.5 Å². The zero-order valence-corrected chi connectivity index (χ0v) is 14.5. The van der Waals surface area contributed by atoms with E-state index in [2.05, 4.69) is 44.5 Å². The molecule has 2 rings (SSSR count). The molecule has 0 saturated carbocycles. The first kappa shape index (κ1) is 17.7. The summed E-state index contributed by atoms with van der Waals surface area (Å²) < 4.78 is 1.91. The minimum atomic E-state index is -0.158. The van der Waals surface area contributed by atoms with Gasteiger partial charge >= 0.3 is 6.03 Å². The fourth-order valence-corrected chi connectivity index (χ4v) is 2.79. The summed E-state index contributed by atoms with van der Waals surface area (Å²) in [7, 11) is 0. The predicted molar refractivity (Wildman–Crippen MR) is 89.1 cm³/mol. The maximum absolute atomic E-state index is 11.9. The molecule has 130 valence electrons. The van der Waals surface area contributed by atoms with E-state index >= 15 is 0 Å². The molecule has 0 radical (unpaired) electrons. The molecule has 8 heteroatoms. The lowest BCUT2D eigenvalue weighted by molar-refractivity contribution is 0.106. The Hall–Kier alpha value is -1.67. The number of urea groups is 1. The van der Waals surface area contributed by atoms with Gasteiger partial charge in [-0.2, -0.15) is 0 Å². The normalized spacial score (nSPS) is 17.9. The zero-order valence-electron chi connectivity index (χ0n) is 14.5. The average molecular weight is 323 g/mol. The largest absolute Gasteiger partial charge is 0.337 e. The Morgan fingerprint density at radius 1 is 1.22 bits per heavy atom. The van der Waals surface area contributed by atoms with Gasteiger partial charge in [0.25, 0.3) is 0 Å². The molecule has 2 heterocycles. The minimum absolute atomic E-state index is 0.158. The second-order valence-electron chi connectivity index (χ2n) is 5.92. The Morgan fingerprint density at radius 3 is 2.61 bits per heavy atom. The highest BCUT2D eigenvalue weighted by molar-refractivity contribution is 5.73. The highest BCUT2D eigenvalue weighted by Crippen LogP contribution is 2.05. The molecule has 2 N–H and O–H groups in total. The van der Waals surface area contributed by atoms with Crippen molar-refractivity contribution in [2.24, 2.45) is 0 Å². The fourth-order valence-electron chi connectivity index (χ4n) is 2.79. The van der Waals surface area contributed by atoms with Crippen molar-refractivity contribution in [3.8, 4) is 0 Å². The maximum atomic E-state index is 11.9. The van der Waals surface area contributed by atoms with Crippen LogP contribution in [0.5, 0.6) is 0 Å². The molecule has 23 heavy (non-hydrogen) atoms. The third kappa shape index (κ3) is 5.18. The predicted octanol–water partition coefficient (Wildman–Crippen LogP) is 0.123. The first-order valence-electron chi connectivity index (χ1n) is 8.48. The summed E-state index contributed by atoms with van der Waals surface area (Å²) in [5, 5.41) is 13.6. The van der Waals surface area contributed by atoms with Crippen LogP contribution in [0.15, 0.2) is 6.33 Å². The monoisotopic (exact) mass is 323 g/mol. The van der Waals surface area contributed by atoms with Crippen LogP contribution < -0.4 is 10.6 Å². The number of amides is 2. The van der Waals surface area contributed by atoms with Crippen molar-refractivity contribution in [1.29, 1.82) is 0 Å². The number of carbonyl (C=O) groups excluding carboxylic acids is 1. The van der Waals surface area contributed by atoms with Gasteiger partial charge in [-0.1, -0.05) is 6.92 Å². The van der Waals surface area contributed by atoms with Crippen molar-refractivity contribution in [1.82, 2.24) is 35.2 Å². The van der Waals surface area contributed by atoms with E-state index in [1.54, 1.807) is 6.33 Å². The molecular weight excluding hydrogens is 294 g/mol. The van der Waals surface area contributed by atoms with Crippen LogP contribution in [-0.2, 0) is 13.1 Å². The highest BCUT2D eigenvalue weighted by atomic mass is 16.2. The first-order chi connectivity index (χ1) is 11.1. The number of hydrogen-bond donors (Lipinski definition) is 2. The number of carbonyl (C=O) groups is 1. The van der Waals surface area contributed by atoms with Gasteiger partial charge in [0, 0.05) is 45.3 Å².